The van der Waals surface area contributed by atoms with E-state index in [0.29, 0.717) is 0 Å². The van der Waals surface area contributed by atoms with Gasteiger partial charge in [0, 0.05) is 12.1 Å². The van der Waals surface area contributed by atoms with Crippen molar-refractivity contribution in [2.45, 2.75) is 25.8 Å². The molecule has 0 aliphatic carbocycles. The summed E-state index contributed by atoms with van der Waals surface area (Å²) in [4.78, 5) is 12.2. The van der Waals surface area contributed by atoms with Gasteiger partial charge in [-0.2, -0.15) is 0 Å². The van der Waals surface area contributed by atoms with Crippen molar-refractivity contribution in [2.75, 3.05) is 20.2 Å². The molecule has 19 heavy (non-hydrogen) atoms. The van der Waals surface area contributed by atoms with Gasteiger partial charge < -0.3 is 15.4 Å². The van der Waals surface area contributed by atoms with Crippen molar-refractivity contribution < 1.29 is 9.53 Å². The monoisotopic (exact) mass is 262 g/mol. The van der Waals surface area contributed by atoms with Crippen molar-refractivity contribution in [3.8, 4) is 5.75 Å². The van der Waals surface area contributed by atoms with Gasteiger partial charge in [-0.3, -0.25) is 4.79 Å². The van der Waals surface area contributed by atoms with Crippen LogP contribution in [0.4, 0.5) is 0 Å². The zero-order chi connectivity index (χ0) is 13.7. The number of rotatable bonds is 4. The van der Waals surface area contributed by atoms with E-state index < -0.39 is 0 Å². The first-order chi connectivity index (χ1) is 9.22. The average Bonchev–Trinajstić information content (AvgIpc) is 2.48. The Morgan fingerprint density at radius 1 is 1.47 bits per heavy atom. The van der Waals surface area contributed by atoms with E-state index >= 15 is 0 Å². The molecular weight excluding hydrogens is 240 g/mol. The number of amides is 1. The summed E-state index contributed by atoms with van der Waals surface area (Å²) < 4.78 is 5.33. The minimum atomic E-state index is -0.0365. The maximum atomic E-state index is 12.2. The number of hydrogen-bond donors (Lipinski definition) is 2. The topological polar surface area (TPSA) is 50.4 Å². The molecule has 1 aromatic carbocycles. The van der Waals surface area contributed by atoms with Gasteiger partial charge in [-0.05, 0) is 32.4 Å². The Labute approximate surface area is 114 Å². The first-order valence-corrected chi connectivity index (χ1v) is 6.86. The molecule has 0 spiro atoms. The Morgan fingerprint density at radius 3 is 2.95 bits per heavy atom. The average molecular weight is 262 g/mol. The summed E-state index contributed by atoms with van der Waals surface area (Å²) in [5.74, 6) is 1.04. The first kappa shape index (κ1) is 13.9. The lowest BCUT2D eigenvalue weighted by Gasteiger charge is -2.24. The predicted molar refractivity (Wildman–Crippen MR) is 75.1 cm³/mol. The molecule has 0 saturated carbocycles. The zero-order valence-corrected chi connectivity index (χ0v) is 11.6. The fraction of sp³-hybridized carbons (Fsp3) is 0.533. The van der Waals surface area contributed by atoms with Gasteiger partial charge in [-0.15, -0.1) is 0 Å². The first-order valence-electron chi connectivity index (χ1n) is 6.86. The molecule has 1 heterocycles. The lowest BCUT2D eigenvalue weighted by molar-refractivity contribution is -0.126. The van der Waals surface area contributed by atoms with Gasteiger partial charge in [0.25, 0.3) is 0 Å². The molecule has 1 unspecified atom stereocenters. The molecule has 2 rings (SSSR count). The largest absolute Gasteiger partial charge is 0.496 e. The van der Waals surface area contributed by atoms with Crippen LogP contribution in [0.15, 0.2) is 24.3 Å². The predicted octanol–water partition coefficient (Wildman–Crippen LogP) is 1.87. The smallest absolute Gasteiger partial charge is 0.224 e. The van der Waals surface area contributed by atoms with Crippen molar-refractivity contribution in [3.63, 3.8) is 0 Å². The molecule has 1 aliphatic rings. The van der Waals surface area contributed by atoms with E-state index in [1.165, 1.54) is 0 Å². The summed E-state index contributed by atoms with van der Waals surface area (Å²) in [6.45, 7) is 3.79. The normalized spacial score (nSPS) is 20.6. The highest BCUT2D eigenvalue weighted by Crippen LogP contribution is 2.24. The van der Waals surface area contributed by atoms with Gasteiger partial charge in [0.15, 0.2) is 0 Å². The second-order valence-corrected chi connectivity index (χ2v) is 5.02. The number of carbonyl (C=O) groups is 1. The van der Waals surface area contributed by atoms with Crippen LogP contribution in [-0.4, -0.2) is 26.1 Å². The Hall–Kier alpha value is -1.55. The third-order valence-electron chi connectivity index (χ3n) is 3.63. The molecule has 0 bridgehead atoms. The van der Waals surface area contributed by atoms with Crippen LogP contribution in [0.1, 0.15) is 31.4 Å². The van der Waals surface area contributed by atoms with Crippen LogP contribution in [0.5, 0.6) is 5.75 Å². The summed E-state index contributed by atoms with van der Waals surface area (Å²) in [6, 6.07) is 7.76. The van der Waals surface area contributed by atoms with E-state index in [1.807, 2.05) is 31.2 Å². The summed E-state index contributed by atoms with van der Waals surface area (Å²) in [6.07, 6.45) is 2.04. The lowest BCUT2D eigenvalue weighted by Crippen LogP contribution is -2.41. The molecule has 0 radical (unpaired) electrons. The summed E-state index contributed by atoms with van der Waals surface area (Å²) in [5.41, 5.74) is 1.02. The van der Waals surface area contributed by atoms with Gasteiger partial charge in [0.2, 0.25) is 5.91 Å². The third kappa shape index (κ3) is 3.47. The fourth-order valence-electron chi connectivity index (χ4n) is 2.51. The molecule has 1 aliphatic heterocycles. The van der Waals surface area contributed by atoms with E-state index in [1.54, 1.807) is 7.11 Å². The van der Waals surface area contributed by atoms with Crippen LogP contribution in [0.25, 0.3) is 0 Å². The number of piperidine rings is 1. The van der Waals surface area contributed by atoms with Gasteiger partial charge in [-0.1, -0.05) is 18.2 Å². The number of benzene rings is 1. The molecule has 2 atom stereocenters. The number of methoxy groups -OCH3 is 1. The third-order valence-corrected chi connectivity index (χ3v) is 3.63. The number of nitrogens with one attached hydrogen (secondary N) is 2. The maximum absolute atomic E-state index is 12.2. The number of para-hydroxylation sites is 1. The van der Waals surface area contributed by atoms with E-state index in [0.717, 1.165) is 37.2 Å². The molecule has 1 saturated heterocycles. The summed E-state index contributed by atoms with van der Waals surface area (Å²) in [7, 11) is 1.65. The van der Waals surface area contributed by atoms with Gasteiger partial charge in [0.1, 0.15) is 5.75 Å². The lowest BCUT2D eigenvalue weighted by atomic mass is 9.98. The van der Waals surface area contributed by atoms with E-state index in [-0.39, 0.29) is 17.9 Å². The fourth-order valence-corrected chi connectivity index (χ4v) is 2.51. The minimum Gasteiger partial charge on any atom is -0.496 e. The van der Waals surface area contributed by atoms with Crippen molar-refractivity contribution >= 4 is 5.91 Å². The number of ether oxygens (including phenoxy) is 1. The molecule has 1 amide bonds. The van der Waals surface area contributed by atoms with Gasteiger partial charge >= 0.3 is 0 Å². The van der Waals surface area contributed by atoms with E-state index in [4.69, 9.17) is 4.74 Å². The molecule has 4 nitrogen and oxygen atoms in total. The van der Waals surface area contributed by atoms with Crippen molar-refractivity contribution in [3.05, 3.63) is 29.8 Å². The SMILES string of the molecule is COc1ccccc1C(C)NC(=O)[C@@H]1CCCNC1. The maximum Gasteiger partial charge on any atom is 0.224 e. The van der Waals surface area contributed by atoms with Crippen LogP contribution < -0.4 is 15.4 Å². The van der Waals surface area contributed by atoms with Crippen LogP contribution in [0.2, 0.25) is 0 Å². The van der Waals surface area contributed by atoms with Crippen LogP contribution in [0.3, 0.4) is 0 Å². The highest BCUT2D eigenvalue weighted by atomic mass is 16.5. The van der Waals surface area contributed by atoms with Gasteiger partial charge in [-0.25, -0.2) is 0 Å². The molecule has 104 valence electrons. The molecule has 4 heteroatoms. The molecule has 0 aromatic heterocycles. The van der Waals surface area contributed by atoms with E-state index in [9.17, 15) is 4.79 Å². The zero-order valence-electron chi connectivity index (χ0n) is 11.6. The van der Waals surface area contributed by atoms with Gasteiger partial charge in [0.05, 0.1) is 19.1 Å². The quantitative estimate of drug-likeness (QED) is 0.871. The van der Waals surface area contributed by atoms with Crippen LogP contribution in [-0.2, 0) is 4.79 Å². The standard InChI is InChI=1S/C15H22N2O2/c1-11(13-7-3-4-8-14(13)19-2)17-15(18)12-6-5-9-16-10-12/h3-4,7-8,11-12,16H,5-6,9-10H2,1-2H3,(H,17,18)/t11?,12-/m1/s1. The van der Waals surface area contributed by atoms with Crippen LogP contribution in [0, 0.1) is 5.92 Å². The number of carbonyl (C=O) groups excluding carboxylic acids is 1. The second kappa shape index (κ2) is 6.57. The Bertz CT molecular complexity index is 428. The molecule has 1 aromatic rings. The second-order valence-electron chi connectivity index (χ2n) is 5.02. The van der Waals surface area contributed by atoms with Crippen LogP contribution >= 0.6 is 0 Å². The highest BCUT2D eigenvalue weighted by molar-refractivity contribution is 5.79. The molecule has 1 fully saturated rings. The van der Waals surface area contributed by atoms with E-state index in [2.05, 4.69) is 10.6 Å². The highest BCUT2D eigenvalue weighted by Gasteiger charge is 2.23. The van der Waals surface area contributed by atoms with Crippen molar-refractivity contribution in [1.29, 1.82) is 0 Å². The van der Waals surface area contributed by atoms with Crippen molar-refractivity contribution in [1.82, 2.24) is 10.6 Å². The number of hydrogen-bond acceptors (Lipinski definition) is 3. The minimum absolute atomic E-state index is 0.0365. The molecular formula is C15H22N2O2. The molecule has 2 N–H and O–H groups in total. The Kier molecular flexibility index (Phi) is 4.80. The Balaban J connectivity index is 1.99. The summed E-state index contributed by atoms with van der Waals surface area (Å²) in [5, 5.41) is 6.35. The summed E-state index contributed by atoms with van der Waals surface area (Å²) >= 11 is 0. The Morgan fingerprint density at radius 2 is 2.26 bits per heavy atom. The van der Waals surface area contributed by atoms with Crippen molar-refractivity contribution in [2.24, 2.45) is 5.92 Å².